The minimum Gasteiger partial charge on any atom is -0.488 e. The number of hydrogen-bond donors (Lipinski definition) is 0. The standard InChI is InChI=1S/C18H14ClNO/c19-18-15(9-6-12-20-18)13-21-17-11-5-4-10-16(17)14-7-2-1-3-8-14/h1-12H,13H2. The molecule has 21 heavy (non-hydrogen) atoms. The highest BCUT2D eigenvalue weighted by Crippen LogP contribution is 2.30. The second-order valence-corrected chi connectivity index (χ2v) is 4.96. The first kappa shape index (κ1) is 13.7. The molecule has 1 aromatic heterocycles. The van der Waals surface area contributed by atoms with Gasteiger partial charge < -0.3 is 4.74 Å². The molecular formula is C18H14ClNO. The first-order chi connectivity index (χ1) is 10.3. The number of pyridine rings is 1. The zero-order chi connectivity index (χ0) is 14.5. The van der Waals surface area contributed by atoms with Crippen LogP contribution >= 0.6 is 11.6 Å². The van der Waals surface area contributed by atoms with Gasteiger partial charge in [0.25, 0.3) is 0 Å². The normalized spacial score (nSPS) is 10.3. The van der Waals surface area contributed by atoms with Crippen LogP contribution in [-0.2, 0) is 6.61 Å². The summed E-state index contributed by atoms with van der Waals surface area (Å²) >= 11 is 6.06. The van der Waals surface area contributed by atoms with E-state index in [0.717, 1.165) is 22.4 Å². The van der Waals surface area contributed by atoms with Gasteiger partial charge in [-0.15, -0.1) is 0 Å². The first-order valence-electron chi connectivity index (χ1n) is 6.71. The van der Waals surface area contributed by atoms with E-state index in [-0.39, 0.29) is 0 Å². The lowest BCUT2D eigenvalue weighted by Gasteiger charge is -2.12. The first-order valence-corrected chi connectivity index (χ1v) is 7.09. The minimum atomic E-state index is 0.399. The summed E-state index contributed by atoms with van der Waals surface area (Å²) in [6.07, 6.45) is 1.67. The lowest BCUT2D eigenvalue weighted by Crippen LogP contribution is -1.98. The zero-order valence-corrected chi connectivity index (χ0v) is 12.1. The maximum atomic E-state index is 6.06. The average Bonchev–Trinajstić information content (AvgIpc) is 2.55. The van der Waals surface area contributed by atoms with E-state index in [2.05, 4.69) is 23.2 Å². The zero-order valence-electron chi connectivity index (χ0n) is 11.4. The Kier molecular flexibility index (Phi) is 4.17. The molecule has 0 atom stereocenters. The molecule has 0 aliphatic rings. The second kappa shape index (κ2) is 6.42. The fourth-order valence-corrected chi connectivity index (χ4v) is 2.31. The monoisotopic (exact) mass is 295 g/mol. The van der Waals surface area contributed by atoms with E-state index in [4.69, 9.17) is 16.3 Å². The summed E-state index contributed by atoms with van der Waals surface area (Å²) in [6, 6.07) is 21.9. The number of ether oxygens (including phenoxy) is 1. The molecule has 3 aromatic rings. The SMILES string of the molecule is Clc1ncccc1COc1ccccc1-c1ccccc1. The van der Waals surface area contributed by atoms with Crippen molar-refractivity contribution < 1.29 is 4.74 Å². The molecule has 0 amide bonds. The van der Waals surface area contributed by atoms with Crippen LogP contribution in [0.25, 0.3) is 11.1 Å². The Morgan fingerprint density at radius 2 is 1.62 bits per heavy atom. The summed E-state index contributed by atoms with van der Waals surface area (Å²) in [4.78, 5) is 4.06. The predicted molar refractivity (Wildman–Crippen MR) is 85.5 cm³/mol. The summed E-state index contributed by atoms with van der Waals surface area (Å²) in [6.45, 7) is 0.399. The topological polar surface area (TPSA) is 22.1 Å². The fraction of sp³-hybridized carbons (Fsp3) is 0.0556. The van der Waals surface area contributed by atoms with Crippen LogP contribution in [0, 0.1) is 0 Å². The Morgan fingerprint density at radius 3 is 2.43 bits per heavy atom. The van der Waals surface area contributed by atoms with Gasteiger partial charge in [-0.1, -0.05) is 66.2 Å². The minimum absolute atomic E-state index is 0.399. The summed E-state index contributed by atoms with van der Waals surface area (Å²) in [5.74, 6) is 0.837. The van der Waals surface area contributed by atoms with Gasteiger partial charge in [0.15, 0.2) is 0 Å². The molecule has 0 spiro atoms. The van der Waals surface area contributed by atoms with Crippen LogP contribution in [0.15, 0.2) is 72.9 Å². The quantitative estimate of drug-likeness (QED) is 0.633. The smallest absolute Gasteiger partial charge is 0.135 e. The lowest BCUT2D eigenvalue weighted by atomic mass is 10.1. The number of hydrogen-bond acceptors (Lipinski definition) is 2. The van der Waals surface area contributed by atoms with E-state index in [1.54, 1.807) is 6.20 Å². The van der Waals surface area contributed by atoms with Crippen LogP contribution in [0.4, 0.5) is 0 Å². The van der Waals surface area contributed by atoms with Crippen molar-refractivity contribution in [2.75, 3.05) is 0 Å². The van der Waals surface area contributed by atoms with Crippen LogP contribution in [0.2, 0.25) is 5.15 Å². The van der Waals surface area contributed by atoms with E-state index in [0.29, 0.717) is 11.8 Å². The van der Waals surface area contributed by atoms with Gasteiger partial charge in [0.1, 0.15) is 17.5 Å². The van der Waals surface area contributed by atoms with Gasteiger partial charge in [0.05, 0.1) is 0 Å². The molecule has 104 valence electrons. The molecule has 2 nitrogen and oxygen atoms in total. The number of para-hydroxylation sites is 1. The van der Waals surface area contributed by atoms with Crippen LogP contribution in [0.3, 0.4) is 0 Å². The summed E-state index contributed by atoms with van der Waals surface area (Å²) in [5.41, 5.74) is 3.07. The number of halogens is 1. The van der Waals surface area contributed by atoms with E-state index in [1.165, 1.54) is 0 Å². The van der Waals surface area contributed by atoms with Crippen molar-refractivity contribution in [2.45, 2.75) is 6.61 Å². The van der Waals surface area contributed by atoms with Crippen molar-refractivity contribution in [2.24, 2.45) is 0 Å². The molecule has 0 saturated heterocycles. The van der Waals surface area contributed by atoms with Crippen LogP contribution in [0.1, 0.15) is 5.56 Å². The Hall–Kier alpha value is -2.32. The van der Waals surface area contributed by atoms with Gasteiger partial charge in [-0.25, -0.2) is 4.98 Å². The summed E-state index contributed by atoms with van der Waals surface area (Å²) in [5, 5.41) is 0.481. The van der Waals surface area contributed by atoms with Crippen LogP contribution in [-0.4, -0.2) is 4.98 Å². The maximum Gasteiger partial charge on any atom is 0.135 e. The molecule has 3 heteroatoms. The molecule has 0 unspecified atom stereocenters. The molecule has 0 bridgehead atoms. The van der Waals surface area contributed by atoms with Crippen molar-refractivity contribution in [3.05, 3.63) is 83.6 Å². The van der Waals surface area contributed by atoms with Crippen molar-refractivity contribution in [3.8, 4) is 16.9 Å². The van der Waals surface area contributed by atoms with Gasteiger partial charge in [-0.3, -0.25) is 0 Å². The number of aromatic nitrogens is 1. The number of benzene rings is 2. The second-order valence-electron chi connectivity index (χ2n) is 4.60. The molecule has 0 saturated carbocycles. The highest BCUT2D eigenvalue weighted by molar-refractivity contribution is 6.30. The molecular weight excluding hydrogens is 282 g/mol. The highest BCUT2D eigenvalue weighted by atomic mass is 35.5. The maximum absolute atomic E-state index is 6.06. The molecule has 0 fully saturated rings. The summed E-state index contributed by atoms with van der Waals surface area (Å²) in [7, 11) is 0. The third kappa shape index (κ3) is 3.23. The van der Waals surface area contributed by atoms with Gasteiger partial charge in [-0.05, 0) is 17.7 Å². The van der Waals surface area contributed by atoms with E-state index >= 15 is 0 Å². The number of rotatable bonds is 4. The van der Waals surface area contributed by atoms with E-state index in [9.17, 15) is 0 Å². The lowest BCUT2D eigenvalue weighted by molar-refractivity contribution is 0.307. The van der Waals surface area contributed by atoms with Gasteiger partial charge in [0.2, 0.25) is 0 Å². The van der Waals surface area contributed by atoms with E-state index in [1.807, 2.05) is 48.5 Å². The van der Waals surface area contributed by atoms with Crippen molar-refractivity contribution in [1.29, 1.82) is 0 Å². The molecule has 1 heterocycles. The average molecular weight is 296 g/mol. The van der Waals surface area contributed by atoms with Gasteiger partial charge in [-0.2, -0.15) is 0 Å². The molecule has 3 rings (SSSR count). The number of nitrogens with zero attached hydrogens (tertiary/aromatic N) is 1. The third-order valence-corrected chi connectivity index (χ3v) is 3.53. The molecule has 2 aromatic carbocycles. The Morgan fingerprint density at radius 1 is 0.857 bits per heavy atom. The molecule has 0 aliphatic heterocycles. The Labute approximate surface area is 129 Å². The Bertz CT molecular complexity index is 728. The van der Waals surface area contributed by atoms with E-state index < -0.39 is 0 Å². The molecule has 0 radical (unpaired) electrons. The van der Waals surface area contributed by atoms with Gasteiger partial charge >= 0.3 is 0 Å². The largest absolute Gasteiger partial charge is 0.488 e. The van der Waals surface area contributed by atoms with Crippen LogP contribution in [0.5, 0.6) is 5.75 Å². The third-order valence-electron chi connectivity index (χ3n) is 3.19. The van der Waals surface area contributed by atoms with Gasteiger partial charge in [0, 0.05) is 17.3 Å². The molecule has 0 aliphatic carbocycles. The van der Waals surface area contributed by atoms with Crippen LogP contribution < -0.4 is 4.74 Å². The predicted octanol–water partition coefficient (Wildman–Crippen LogP) is 4.98. The van der Waals surface area contributed by atoms with Crippen molar-refractivity contribution in [1.82, 2.24) is 4.98 Å². The van der Waals surface area contributed by atoms with Crippen molar-refractivity contribution >= 4 is 11.6 Å². The summed E-state index contributed by atoms with van der Waals surface area (Å²) < 4.78 is 5.93. The highest BCUT2D eigenvalue weighted by Gasteiger charge is 2.07. The Balaban J connectivity index is 1.85. The van der Waals surface area contributed by atoms with Crippen molar-refractivity contribution in [3.63, 3.8) is 0 Å². The fourth-order valence-electron chi connectivity index (χ4n) is 2.13. The molecule has 0 N–H and O–H groups in total.